The smallest absolute Gasteiger partial charge is 0.0920 e. The summed E-state index contributed by atoms with van der Waals surface area (Å²) in [5.74, 6) is 0.880. The highest BCUT2D eigenvalue weighted by Gasteiger charge is 2.51. The Morgan fingerprint density at radius 3 is 2.44 bits per heavy atom. The van der Waals surface area contributed by atoms with Crippen molar-refractivity contribution >= 4 is 0 Å². The van der Waals surface area contributed by atoms with Crippen LogP contribution in [0.2, 0.25) is 0 Å². The lowest BCUT2D eigenvalue weighted by Crippen LogP contribution is -2.14. The Morgan fingerprint density at radius 2 is 1.69 bits per heavy atom. The molecule has 0 radical (unpaired) electrons. The highest BCUT2D eigenvalue weighted by Crippen LogP contribution is 2.46. The molecule has 1 aliphatic carbocycles. The van der Waals surface area contributed by atoms with Gasteiger partial charge in [-0.05, 0) is 56.8 Å². The Labute approximate surface area is 101 Å². The van der Waals surface area contributed by atoms with Crippen molar-refractivity contribution in [1.82, 2.24) is 0 Å². The molecular formula is C15H28O. The number of ether oxygens (including phenoxy) is 1. The number of hydrogen-bond acceptors (Lipinski definition) is 1. The van der Waals surface area contributed by atoms with E-state index in [0.717, 1.165) is 5.92 Å². The summed E-state index contributed by atoms with van der Waals surface area (Å²) in [7, 11) is 0. The number of fused-ring (bicyclic) bond motifs is 1. The van der Waals surface area contributed by atoms with Crippen molar-refractivity contribution in [2.45, 2.75) is 84.3 Å². The third-order valence-corrected chi connectivity index (χ3v) is 4.80. The van der Waals surface area contributed by atoms with Crippen molar-refractivity contribution in [2.75, 3.05) is 0 Å². The first-order valence-electron chi connectivity index (χ1n) is 7.09. The van der Waals surface area contributed by atoms with Crippen molar-refractivity contribution in [3.8, 4) is 0 Å². The third kappa shape index (κ3) is 3.00. The minimum absolute atomic E-state index is 0.250. The van der Waals surface area contributed by atoms with E-state index in [4.69, 9.17) is 4.74 Å². The lowest BCUT2D eigenvalue weighted by molar-refractivity contribution is 0.233. The molecule has 16 heavy (non-hydrogen) atoms. The van der Waals surface area contributed by atoms with Gasteiger partial charge in [0.15, 0.2) is 0 Å². The van der Waals surface area contributed by atoms with Crippen LogP contribution in [0.15, 0.2) is 0 Å². The van der Waals surface area contributed by atoms with Crippen molar-refractivity contribution < 1.29 is 4.74 Å². The van der Waals surface area contributed by atoms with E-state index in [2.05, 4.69) is 27.7 Å². The minimum atomic E-state index is 0.250. The van der Waals surface area contributed by atoms with Gasteiger partial charge in [-0.15, -0.1) is 0 Å². The molecule has 2 rings (SSSR count). The fourth-order valence-electron chi connectivity index (χ4n) is 3.14. The molecule has 2 fully saturated rings. The minimum Gasteiger partial charge on any atom is -0.366 e. The van der Waals surface area contributed by atoms with Gasteiger partial charge >= 0.3 is 0 Å². The molecule has 3 atom stereocenters. The van der Waals surface area contributed by atoms with E-state index in [-0.39, 0.29) is 5.60 Å². The van der Waals surface area contributed by atoms with Crippen molar-refractivity contribution in [3.05, 3.63) is 0 Å². The summed E-state index contributed by atoms with van der Waals surface area (Å²) in [6.07, 6.45) is 10.0. The number of hydrogen-bond donors (Lipinski definition) is 0. The highest BCUT2D eigenvalue weighted by molar-refractivity contribution is 4.99. The topological polar surface area (TPSA) is 12.5 Å². The van der Waals surface area contributed by atoms with Crippen molar-refractivity contribution in [2.24, 2.45) is 11.3 Å². The Morgan fingerprint density at radius 1 is 0.938 bits per heavy atom. The van der Waals surface area contributed by atoms with Crippen LogP contribution in [-0.2, 0) is 4.74 Å². The summed E-state index contributed by atoms with van der Waals surface area (Å²) >= 11 is 0. The van der Waals surface area contributed by atoms with Crippen LogP contribution in [0, 0.1) is 11.3 Å². The first kappa shape index (κ1) is 12.4. The second-order valence-corrected chi connectivity index (χ2v) is 7.16. The molecule has 94 valence electrons. The lowest BCUT2D eigenvalue weighted by atomic mass is 9.80. The molecule has 0 aromatic heterocycles. The van der Waals surface area contributed by atoms with Gasteiger partial charge in [-0.25, -0.2) is 0 Å². The van der Waals surface area contributed by atoms with Crippen LogP contribution >= 0.6 is 0 Å². The zero-order valence-corrected chi connectivity index (χ0v) is 11.5. The average Bonchev–Trinajstić information content (AvgIpc) is 2.82. The summed E-state index contributed by atoms with van der Waals surface area (Å²) in [6, 6.07) is 0. The van der Waals surface area contributed by atoms with E-state index >= 15 is 0 Å². The zero-order chi connectivity index (χ0) is 11.8. The fraction of sp³-hybridized carbons (Fsp3) is 1.00. The van der Waals surface area contributed by atoms with Gasteiger partial charge in [0.05, 0.1) is 11.7 Å². The van der Waals surface area contributed by atoms with Gasteiger partial charge in [0.2, 0.25) is 0 Å². The van der Waals surface area contributed by atoms with Crippen molar-refractivity contribution in [3.63, 3.8) is 0 Å². The van der Waals surface area contributed by atoms with E-state index < -0.39 is 0 Å². The van der Waals surface area contributed by atoms with Crippen molar-refractivity contribution in [1.29, 1.82) is 0 Å². The molecule has 1 nitrogen and oxygen atoms in total. The molecule has 1 saturated heterocycles. The quantitative estimate of drug-likeness (QED) is 0.550. The maximum Gasteiger partial charge on any atom is 0.0920 e. The summed E-state index contributed by atoms with van der Waals surface area (Å²) in [4.78, 5) is 0. The number of rotatable bonds is 0. The van der Waals surface area contributed by atoms with E-state index in [1.165, 1.54) is 44.9 Å². The Bertz CT molecular complexity index is 246. The molecule has 1 heterocycles. The Balaban J connectivity index is 1.94. The van der Waals surface area contributed by atoms with Gasteiger partial charge in [-0.2, -0.15) is 0 Å². The van der Waals surface area contributed by atoms with Gasteiger partial charge in [-0.1, -0.05) is 27.2 Å². The summed E-state index contributed by atoms with van der Waals surface area (Å²) < 4.78 is 5.89. The van der Waals surface area contributed by atoms with Crippen LogP contribution in [0.3, 0.4) is 0 Å². The molecule has 0 unspecified atom stereocenters. The predicted octanol–water partition coefficient (Wildman–Crippen LogP) is 4.55. The molecule has 2 aliphatic rings. The first-order valence-corrected chi connectivity index (χ1v) is 7.09. The zero-order valence-electron chi connectivity index (χ0n) is 11.5. The molecule has 0 aromatic rings. The van der Waals surface area contributed by atoms with Crippen LogP contribution in [0.5, 0.6) is 0 Å². The standard InChI is InChI=1S/C15H28O/c1-12-6-7-13-15(4,16-13)10-5-9-14(2,3)11-8-12/h12-13H,5-11H2,1-4H3/t12-,13-,15+/m1/s1. The molecule has 0 bridgehead atoms. The number of epoxide rings is 1. The van der Waals surface area contributed by atoms with Crippen LogP contribution in [-0.4, -0.2) is 11.7 Å². The van der Waals surface area contributed by atoms with E-state index in [0.29, 0.717) is 11.5 Å². The van der Waals surface area contributed by atoms with Crippen LogP contribution < -0.4 is 0 Å². The van der Waals surface area contributed by atoms with Crippen LogP contribution in [0.25, 0.3) is 0 Å². The average molecular weight is 224 g/mol. The van der Waals surface area contributed by atoms with Crippen LogP contribution in [0.1, 0.15) is 72.6 Å². The van der Waals surface area contributed by atoms with Gasteiger partial charge in [0, 0.05) is 0 Å². The van der Waals surface area contributed by atoms with E-state index in [1.807, 2.05) is 0 Å². The highest BCUT2D eigenvalue weighted by atomic mass is 16.6. The summed E-state index contributed by atoms with van der Waals surface area (Å²) in [6.45, 7) is 9.59. The fourth-order valence-corrected chi connectivity index (χ4v) is 3.14. The van der Waals surface area contributed by atoms with Gasteiger partial charge in [0.1, 0.15) is 0 Å². The largest absolute Gasteiger partial charge is 0.366 e. The Hall–Kier alpha value is -0.0400. The normalized spacial score (nSPS) is 44.2. The lowest BCUT2D eigenvalue weighted by Gasteiger charge is -2.26. The van der Waals surface area contributed by atoms with E-state index in [1.54, 1.807) is 0 Å². The monoisotopic (exact) mass is 224 g/mol. The van der Waals surface area contributed by atoms with Crippen LogP contribution in [0.4, 0.5) is 0 Å². The SMILES string of the molecule is C[C@@H]1CC[C@H]2O[C@@]2(C)CCCC(C)(C)CC1. The molecular weight excluding hydrogens is 196 g/mol. The summed E-state index contributed by atoms with van der Waals surface area (Å²) in [5, 5.41) is 0. The maximum atomic E-state index is 5.89. The van der Waals surface area contributed by atoms with Gasteiger partial charge in [-0.3, -0.25) is 0 Å². The maximum absolute atomic E-state index is 5.89. The van der Waals surface area contributed by atoms with Gasteiger partial charge < -0.3 is 4.74 Å². The van der Waals surface area contributed by atoms with E-state index in [9.17, 15) is 0 Å². The molecule has 1 heteroatoms. The molecule has 1 aliphatic heterocycles. The second-order valence-electron chi connectivity index (χ2n) is 7.16. The molecule has 0 N–H and O–H groups in total. The summed E-state index contributed by atoms with van der Waals surface area (Å²) in [5.41, 5.74) is 0.791. The molecule has 0 amide bonds. The van der Waals surface area contributed by atoms with Gasteiger partial charge in [0.25, 0.3) is 0 Å². The molecule has 0 aromatic carbocycles. The molecule has 0 spiro atoms. The third-order valence-electron chi connectivity index (χ3n) is 4.80. The first-order chi connectivity index (χ1) is 7.41. The second kappa shape index (κ2) is 4.33. The predicted molar refractivity (Wildman–Crippen MR) is 68.5 cm³/mol. The Kier molecular flexibility index (Phi) is 3.36. The molecule has 1 saturated carbocycles.